The number of nitrogens with zero attached hydrogens (tertiary/aromatic N) is 2. The summed E-state index contributed by atoms with van der Waals surface area (Å²) >= 11 is 0. The van der Waals surface area contributed by atoms with E-state index < -0.39 is 10.9 Å². The Kier molecular flexibility index (Phi) is 4.77. The summed E-state index contributed by atoms with van der Waals surface area (Å²) in [5.41, 5.74) is -0.162. The second-order valence-corrected chi connectivity index (χ2v) is 6.70. The first-order valence-corrected chi connectivity index (χ1v) is 7.57. The van der Waals surface area contributed by atoms with E-state index in [2.05, 4.69) is 10.1 Å². The minimum absolute atomic E-state index is 0.0510. The minimum Gasteiger partial charge on any atom is -0.465 e. The van der Waals surface area contributed by atoms with Gasteiger partial charge in [0.25, 0.3) is 5.69 Å². The Bertz CT molecular complexity index is 681. The van der Waals surface area contributed by atoms with Crippen molar-refractivity contribution in [2.45, 2.75) is 38.8 Å². The van der Waals surface area contributed by atoms with E-state index in [9.17, 15) is 19.7 Å². The number of carbonyl (C=O) groups excluding carboxylic acids is 2. The lowest BCUT2D eigenvalue weighted by Gasteiger charge is -2.32. The van der Waals surface area contributed by atoms with Crippen molar-refractivity contribution < 1.29 is 19.2 Å². The normalized spacial score (nSPS) is 17.8. The van der Waals surface area contributed by atoms with Gasteiger partial charge in [-0.1, -0.05) is 0 Å². The number of esters is 1. The van der Waals surface area contributed by atoms with Crippen molar-refractivity contribution in [2.75, 3.05) is 19.0 Å². The van der Waals surface area contributed by atoms with Crippen molar-refractivity contribution in [2.24, 2.45) is 0 Å². The highest BCUT2D eigenvalue weighted by Crippen LogP contribution is 2.27. The first kappa shape index (κ1) is 17.7. The van der Waals surface area contributed by atoms with Gasteiger partial charge in [0, 0.05) is 30.3 Å². The number of rotatable bonds is 4. The molecule has 1 aliphatic heterocycles. The molecule has 1 unspecified atom stereocenters. The van der Waals surface area contributed by atoms with Gasteiger partial charge in [0.2, 0.25) is 5.91 Å². The van der Waals surface area contributed by atoms with E-state index in [4.69, 9.17) is 0 Å². The molecule has 1 amide bonds. The fourth-order valence-electron chi connectivity index (χ4n) is 2.75. The van der Waals surface area contributed by atoms with Crippen LogP contribution in [0.3, 0.4) is 0 Å². The fraction of sp³-hybridized carbons (Fsp3) is 0.500. The number of ether oxygens (including phenoxy) is 1. The second-order valence-electron chi connectivity index (χ2n) is 6.70. The Morgan fingerprint density at radius 2 is 2.08 bits per heavy atom. The largest absolute Gasteiger partial charge is 0.465 e. The topological polar surface area (TPSA) is 102 Å². The molecule has 1 fully saturated rings. The molecular weight excluding hydrogens is 314 g/mol. The van der Waals surface area contributed by atoms with Gasteiger partial charge in [-0.15, -0.1) is 0 Å². The molecule has 8 nitrogen and oxygen atoms in total. The molecule has 1 saturated heterocycles. The van der Waals surface area contributed by atoms with Crippen LogP contribution in [0.2, 0.25) is 0 Å². The Labute approximate surface area is 139 Å². The molecule has 0 spiro atoms. The van der Waals surface area contributed by atoms with Gasteiger partial charge in [-0.3, -0.25) is 14.9 Å². The van der Waals surface area contributed by atoms with Gasteiger partial charge in [-0.2, -0.15) is 0 Å². The molecule has 2 rings (SSSR count). The summed E-state index contributed by atoms with van der Waals surface area (Å²) in [6, 6.07) is 4.04. The van der Waals surface area contributed by atoms with E-state index >= 15 is 0 Å². The third kappa shape index (κ3) is 3.64. The molecule has 1 heterocycles. The van der Waals surface area contributed by atoms with Crippen LogP contribution in [0, 0.1) is 10.1 Å². The van der Waals surface area contributed by atoms with Crippen LogP contribution >= 0.6 is 0 Å². The summed E-state index contributed by atoms with van der Waals surface area (Å²) in [4.78, 5) is 36.0. The number of nitrogens with one attached hydrogen (secondary N) is 1. The third-order valence-corrected chi connectivity index (χ3v) is 3.90. The van der Waals surface area contributed by atoms with Crippen molar-refractivity contribution >= 4 is 23.3 Å². The molecule has 0 radical (unpaired) electrons. The van der Waals surface area contributed by atoms with Gasteiger partial charge in [0.15, 0.2) is 0 Å². The van der Waals surface area contributed by atoms with Crippen LogP contribution in [0.1, 0.15) is 37.6 Å². The molecule has 1 aliphatic rings. The lowest BCUT2D eigenvalue weighted by atomic mass is 10.1. The van der Waals surface area contributed by atoms with E-state index in [1.165, 1.54) is 25.3 Å². The van der Waals surface area contributed by atoms with E-state index in [1.807, 2.05) is 20.8 Å². The minimum atomic E-state index is -0.774. The first-order valence-electron chi connectivity index (χ1n) is 7.57. The number of nitro groups is 1. The molecule has 0 aromatic heterocycles. The maximum atomic E-state index is 12.1. The Hall–Kier alpha value is -2.64. The van der Waals surface area contributed by atoms with Crippen LogP contribution in [0.15, 0.2) is 18.2 Å². The summed E-state index contributed by atoms with van der Waals surface area (Å²) in [6.45, 7) is 6.43. The maximum Gasteiger partial charge on any atom is 0.344 e. The molecule has 0 bridgehead atoms. The molecule has 1 aromatic rings. The maximum absolute atomic E-state index is 12.1. The van der Waals surface area contributed by atoms with Gasteiger partial charge < -0.3 is 15.0 Å². The highest BCUT2D eigenvalue weighted by Gasteiger charge is 2.36. The highest BCUT2D eigenvalue weighted by molar-refractivity contribution is 5.95. The molecule has 1 atom stereocenters. The van der Waals surface area contributed by atoms with Crippen LogP contribution in [-0.2, 0) is 9.53 Å². The van der Waals surface area contributed by atoms with Gasteiger partial charge in [0.1, 0.15) is 5.56 Å². The standard InChI is InChI=1S/C16H21N3O5/c1-16(2,3)18-9-11(8-14(18)20)17-10-5-6-13(19(22)23)12(7-10)15(21)24-4/h5-7,11,17H,8-9H2,1-4H3. The summed E-state index contributed by atoms with van der Waals surface area (Å²) in [6.07, 6.45) is 0.335. The number of benzene rings is 1. The molecule has 1 aromatic carbocycles. The molecule has 1 N–H and O–H groups in total. The van der Waals surface area contributed by atoms with Gasteiger partial charge in [0.05, 0.1) is 18.1 Å². The van der Waals surface area contributed by atoms with Crippen molar-refractivity contribution in [3.05, 3.63) is 33.9 Å². The van der Waals surface area contributed by atoms with Gasteiger partial charge >= 0.3 is 5.97 Å². The Morgan fingerprint density at radius 1 is 1.42 bits per heavy atom. The van der Waals surface area contributed by atoms with E-state index in [1.54, 1.807) is 4.90 Å². The number of likely N-dealkylation sites (tertiary alicyclic amines) is 1. The molecule has 130 valence electrons. The van der Waals surface area contributed by atoms with E-state index in [0.717, 1.165) is 0 Å². The van der Waals surface area contributed by atoms with Gasteiger partial charge in [-0.25, -0.2) is 4.79 Å². The SMILES string of the molecule is COC(=O)c1cc(NC2CC(=O)N(C(C)(C)C)C2)ccc1[N+](=O)[O-]. The monoisotopic (exact) mass is 335 g/mol. The quantitative estimate of drug-likeness (QED) is 0.514. The Balaban J connectivity index is 2.21. The van der Waals surface area contributed by atoms with Crippen molar-refractivity contribution in [3.63, 3.8) is 0 Å². The molecule has 24 heavy (non-hydrogen) atoms. The van der Waals surface area contributed by atoms with Crippen LogP contribution in [-0.4, -0.2) is 46.9 Å². The average molecular weight is 335 g/mol. The third-order valence-electron chi connectivity index (χ3n) is 3.90. The zero-order chi connectivity index (χ0) is 18.1. The number of anilines is 1. The van der Waals surface area contributed by atoms with Crippen molar-refractivity contribution in [3.8, 4) is 0 Å². The zero-order valence-electron chi connectivity index (χ0n) is 14.2. The summed E-state index contributed by atoms with van der Waals surface area (Å²) in [7, 11) is 1.17. The number of hydrogen-bond acceptors (Lipinski definition) is 6. The first-order chi connectivity index (χ1) is 11.1. The molecule has 8 heteroatoms. The van der Waals surface area contributed by atoms with Crippen LogP contribution in [0.5, 0.6) is 0 Å². The smallest absolute Gasteiger partial charge is 0.344 e. The second kappa shape index (κ2) is 6.46. The predicted molar refractivity (Wildman–Crippen MR) is 87.9 cm³/mol. The lowest BCUT2D eigenvalue weighted by Crippen LogP contribution is -2.43. The lowest BCUT2D eigenvalue weighted by molar-refractivity contribution is -0.385. The molecule has 0 saturated carbocycles. The summed E-state index contributed by atoms with van der Waals surface area (Å²) < 4.78 is 4.60. The molecule has 0 aliphatic carbocycles. The average Bonchev–Trinajstić information content (AvgIpc) is 2.86. The fourth-order valence-corrected chi connectivity index (χ4v) is 2.75. The Morgan fingerprint density at radius 3 is 2.58 bits per heavy atom. The van der Waals surface area contributed by atoms with Crippen molar-refractivity contribution in [1.82, 2.24) is 4.90 Å². The number of methoxy groups -OCH3 is 1. The summed E-state index contributed by atoms with van der Waals surface area (Å²) in [5.74, 6) is -0.723. The van der Waals surface area contributed by atoms with Crippen LogP contribution in [0.25, 0.3) is 0 Å². The van der Waals surface area contributed by atoms with Crippen LogP contribution < -0.4 is 5.32 Å². The number of hydrogen-bond donors (Lipinski definition) is 1. The van der Waals surface area contributed by atoms with Gasteiger partial charge in [-0.05, 0) is 32.9 Å². The highest BCUT2D eigenvalue weighted by atomic mass is 16.6. The number of nitro benzene ring substituents is 1. The zero-order valence-corrected chi connectivity index (χ0v) is 14.2. The summed E-state index contributed by atoms with van der Waals surface area (Å²) in [5, 5.41) is 14.2. The number of carbonyl (C=O) groups is 2. The van der Waals surface area contributed by atoms with E-state index in [0.29, 0.717) is 18.7 Å². The van der Waals surface area contributed by atoms with Crippen LogP contribution in [0.4, 0.5) is 11.4 Å². The predicted octanol–water partition coefficient (Wildman–Crippen LogP) is 2.19. The number of amides is 1. The molecular formula is C16H21N3O5. The van der Waals surface area contributed by atoms with E-state index in [-0.39, 0.29) is 28.7 Å². The van der Waals surface area contributed by atoms with Crippen molar-refractivity contribution in [1.29, 1.82) is 0 Å².